The molecule has 0 saturated carbocycles. The van der Waals surface area contributed by atoms with E-state index in [4.69, 9.17) is 0 Å². The maximum absolute atomic E-state index is 12.6. The third-order valence-electron chi connectivity index (χ3n) is 3.22. The highest BCUT2D eigenvalue weighted by Crippen LogP contribution is 2.32. The van der Waals surface area contributed by atoms with Crippen LogP contribution in [0.3, 0.4) is 0 Å². The Labute approximate surface area is 133 Å². The van der Waals surface area contributed by atoms with E-state index in [0.717, 1.165) is 12.1 Å². The van der Waals surface area contributed by atoms with Crippen molar-refractivity contribution >= 4 is 17.1 Å². The van der Waals surface area contributed by atoms with Crippen LogP contribution >= 0.6 is 11.3 Å². The van der Waals surface area contributed by atoms with E-state index in [9.17, 15) is 18.0 Å². The zero-order valence-electron chi connectivity index (χ0n) is 11.5. The molecule has 0 aliphatic heterocycles. The SMILES string of the molecule is O=C(c1nccs1)c1cnccc1-c1ccc(C(F)(F)F)cc1. The molecule has 0 N–H and O–H groups in total. The number of aromatic nitrogens is 2. The van der Waals surface area contributed by atoms with Gasteiger partial charge in [-0.3, -0.25) is 9.78 Å². The third kappa shape index (κ3) is 3.14. The minimum atomic E-state index is -4.39. The third-order valence-corrected chi connectivity index (χ3v) is 3.99. The first kappa shape index (κ1) is 15.4. The van der Waals surface area contributed by atoms with Crippen molar-refractivity contribution < 1.29 is 18.0 Å². The number of thiazole rings is 1. The minimum Gasteiger partial charge on any atom is -0.286 e. The number of rotatable bonds is 3. The van der Waals surface area contributed by atoms with Gasteiger partial charge < -0.3 is 0 Å². The predicted octanol–water partition coefficient (Wildman–Crippen LogP) is 4.45. The van der Waals surface area contributed by atoms with Crippen LogP contribution < -0.4 is 0 Å². The monoisotopic (exact) mass is 334 g/mol. The largest absolute Gasteiger partial charge is 0.416 e. The lowest BCUT2D eigenvalue weighted by molar-refractivity contribution is -0.137. The zero-order chi connectivity index (χ0) is 16.4. The summed E-state index contributed by atoms with van der Waals surface area (Å²) in [5.41, 5.74) is 0.611. The number of pyridine rings is 1. The van der Waals surface area contributed by atoms with Crippen LogP contribution in [0.4, 0.5) is 13.2 Å². The Balaban J connectivity index is 2.02. The molecule has 0 unspecified atom stereocenters. The molecular weight excluding hydrogens is 325 g/mol. The predicted molar refractivity (Wildman–Crippen MR) is 80.2 cm³/mol. The number of carbonyl (C=O) groups excluding carboxylic acids is 1. The Bertz CT molecular complexity index is 827. The van der Waals surface area contributed by atoms with Crippen LogP contribution in [0.15, 0.2) is 54.3 Å². The summed E-state index contributed by atoms with van der Waals surface area (Å²) < 4.78 is 37.9. The molecular formula is C16H9F3N2OS. The van der Waals surface area contributed by atoms with Gasteiger partial charge in [0.05, 0.1) is 11.1 Å². The van der Waals surface area contributed by atoms with Crippen LogP contribution in [0.25, 0.3) is 11.1 Å². The molecule has 0 radical (unpaired) electrons. The molecule has 7 heteroatoms. The number of halogens is 3. The second-order valence-corrected chi connectivity index (χ2v) is 5.56. The quantitative estimate of drug-likeness (QED) is 0.664. The van der Waals surface area contributed by atoms with Gasteiger partial charge in [-0.05, 0) is 29.3 Å². The average molecular weight is 334 g/mol. The molecule has 0 spiro atoms. The van der Waals surface area contributed by atoms with Crippen LogP contribution in [-0.2, 0) is 6.18 Å². The molecule has 2 heterocycles. The maximum atomic E-state index is 12.6. The van der Waals surface area contributed by atoms with Crippen LogP contribution in [0.1, 0.15) is 20.9 Å². The van der Waals surface area contributed by atoms with E-state index < -0.39 is 11.7 Å². The van der Waals surface area contributed by atoms with Crippen molar-refractivity contribution in [3.05, 3.63) is 70.4 Å². The fourth-order valence-corrected chi connectivity index (χ4v) is 2.71. The van der Waals surface area contributed by atoms with Crippen LogP contribution in [0.2, 0.25) is 0 Å². The summed E-state index contributed by atoms with van der Waals surface area (Å²) in [6.07, 6.45) is 0.0186. The summed E-state index contributed by atoms with van der Waals surface area (Å²) >= 11 is 1.20. The molecule has 0 amide bonds. The molecule has 0 aliphatic carbocycles. The normalized spacial score (nSPS) is 11.4. The summed E-state index contributed by atoms with van der Waals surface area (Å²) in [5, 5.41) is 1.99. The lowest BCUT2D eigenvalue weighted by Gasteiger charge is -2.10. The van der Waals surface area contributed by atoms with E-state index in [1.54, 1.807) is 11.4 Å². The van der Waals surface area contributed by atoms with E-state index in [1.807, 2.05) is 0 Å². The number of ketones is 1. The molecule has 23 heavy (non-hydrogen) atoms. The van der Waals surface area contributed by atoms with Gasteiger partial charge in [-0.15, -0.1) is 11.3 Å². The van der Waals surface area contributed by atoms with Crippen molar-refractivity contribution in [1.29, 1.82) is 0 Å². The van der Waals surface area contributed by atoms with Crippen molar-refractivity contribution in [2.24, 2.45) is 0 Å². The van der Waals surface area contributed by atoms with Gasteiger partial charge in [0, 0.05) is 24.0 Å². The highest BCUT2D eigenvalue weighted by molar-refractivity contribution is 7.11. The first-order chi connectivity index (χ1) is 11.0. The molecule has 3 nitrogen and oxygen atoms in total. The van der Waals surface area contributed by atoms with Gasteiger partial charge in [-0.2, -0.15) is 13.2 Å². The maximum Gasteiger partial charge on any atom is 0.416 e. The Hall–Kier alpha value is -2.54. The Kier molecular flexibility index (Phi) is 3.96. The molecule has 116 valence electrons. The molecule has 0 fully saturated rings. The van der Waals surface area contributed by atoms with Gasteiger partial charge in [-0.25, -0.2) is 4.98 Å². The lowest BCUT2D eigenvalue weighted by atomic mass is 9.98. The van der Waals surface area contributed by atoms with E-state index >= 15 is 0 Å². The van der Waals surface area contributed by atoms with E-state index in [2.05, 4.69) is 9.97 Å². The highest BCUT2D eigenvalue weighted by Gasteiger charge is 2.30. The topological polar surface area (TPSA) is 42.9 Å². The van der Waals surface area contributed by atoms with Gasteiger partial charge in [0.15, 0.2) is 5.01 Å². The molecule has 3 rings (SSSR count). The summed E-state index contributed by atoms with van der Waals surface area (Å²) in [5.74, 6) is -0.303. The molecule has 1 aromatic carbocycles. The van der Waals surface area contributed by atoms with E-state index in [0.29, 0.717) is 21.7 Å². The van der Waals surface area contributed by atoms with Crippen LogP contribution in [-0.4, -0.2) is 15.8 Å². The number of benzene rings is 1. The number of hydrogen-bond donors (Lipinski definition) is 0. The summed E-state index contributed by atoms with van der Waals surface area (Å²) in [6, 6.07) is 6.28. The van der Waals surface area contributed by atoms with Crippen LogP contribution in [0, 0.1) is 0 Å². The first-order valence-electron chi connectivity index (χ1n) is 6.52. The van der Waals surface area contributed by atoms with Crippen molar-refractivity contribution in [2.75, 3.05) is 0 Å². The second-order valence-electron chi connectivity index (χ2n) is 4.66. The van der Waals surface area contributed by atoms with Crippen molar-refractivity contribution in [1.82, 2.24) is 9.97 Å². The zero-order valence-corrected chi connectivity index (χ0v) is 12.4. The number of alkyl halides is 3. The van der Waals surface area contributed by atoms with E-state index in [1.165, 1.54) is 42.1 Å². The Morgan fingerprint density at radius 3 is 2.39 bits per heavy atom. The molecule has 0 bridgehead atoms. The van der Waals surface area contributed by atoms with Gasteiger partial charge in [0.1, 0.15) is 0 Å². The molecule has 3 aromatic rings. The van der Waals surface area contributed by atoms with Gasteiger partial charge in [0.2, 0.25) is 5.78 Å². The van der Waals surface area contributed by atoms with Crippen molar-refractivity contribution in [2.45, 2.75) is 6.18 Å². The fourth-order valence-electron chi connectivity index (χ4n) is 2.12. The van der Waals surface area contributed by atoms with Gasteiger partial charge in [-0.1, -0.05) is 12.1 Å². The van der Waals surface area contributed by atoms with Crippen LogP contribution in [0.5, 0.6) is 0 Å². The summed E-state index contributed by atoms with van der Waals surface area (Å²) in [6.45, 7) is 0. The Morgan fingerprint density at radius 2 is 1.78 bits per heavy atom. The average Bonchev–Trinajstić information content (AvgIpc) is 3.08. The second kappa shape index (κ2) is 5.92. The minimum absolute atomic E-state index is 0.303. The molecule has 0 aliphatic rings. The summed E-state index contributed by atoms with van der Waals surface area (Å²) in [7, 11) is 0. The van der Waals surface area contributed by atoms with Gasteiger partial charge >= 0.3 is 6.18 Å². The lowest BCUT2D eigenvalue weighted by Crippen LogP contribution is -2.05. The number of carbonyl (C=O) groups is 1. The van der Waals surface area contributed by atoms with Gasteiger partial charge in [0.25, 0.3) is 0 Å². The van der Waals surface area contributed by atoms with Crippen molar-refractivity contribution in [3.8, 4) is 11.1 Å². The fraction of sp³-hybridized carbons (Fsp3) is 0.0625. The summed E-state index contributed by atoms with van der Waals surface area (Å²) in [4.78, 5) is 20.4. The molecule has 0 atom stereocenters. The highest BCUT2D eigenvalue weighted by atomic mass is 32.1. The standard InChI is InChI=1S/C16H9F3N2OS/c17-16(18,19)11-3-1-10(2-4-11)12-5-6-20-9-13(12)14(22)15-21-7-8-23-15/h1-9H. The Morgan fingerprint density at radius 1 is 1.04 bits per heavy atom. The van der Waals surface area contributed by atoms with Crippen molar-refractivity contribution in [3.63, 3.8) is 0 Å². The number of hydrogen-bond acceptors (Lipinski definition) is 4. The molecule has 2 aromatic heterocycles. The first-order valence-corrected chi connectivity index (χ1v) is 7.40. The molecule has 0 saturated heterocycles. The van der Waals surface area contributed by atoms with E-state index in [-0.39, 0.29) is 5.78 Å². The smallest absolute Gasteiger partial charge is 0.286 e. The number of nitrogens with zero attached hydrogens (tertiary/aromatic N) is 2.